The highest BCUT2D eigenvalue weighted by molar-refractivity contribution is 9.10. The molecule has 98 valence electrons. The summed E-state index contributed by atoms with van der Waals surface area (Å²) in [5.41, 5.74) is 0.598. The Bertz CT molecular complexity index is 445. The zero-order chi connectivity index (χ0) is 12.6. The molecule has 1 saturated carbocycles. The molecule has 2 aliphatic rings. The van der Waals surface area contributed by atoms with Crippen LogP contribution in [0, 0.1) is 5.82 Å². The van der Waals surface area contributed by atoms with Gasteiger partial charge in [0.25, 0.3) is 0 Å². The SMILES string of the molecule is Fc1ccc(Br)cc1C1CNCC2(CCCC2)O1. The molecule has 1 unspecified atom stereocenters. The van der Waals surface area contributed by atoms with Gasteiger partial charge < -0.3 is 10.1 Å². The second kappa shape index (κ2) is 4.91. The number of rotatable bonds is 1. The van der Waals surface area contributed by atoms with Crippen LogP contribution in [-0.4, -0.2) is 18.7 Å². The summed E-state index contributed by atoms with van der Waals surface area (Å²) in [5, 5.41) is 3.41. The van der Waals surface area contributed by atoms with Gasteiger partial charge in [0, 0.05) is 23.1 Å². The van der Waals surface area contributed by atoms with Gasteiger partial charge in [-0.2, -0.15) is 0 Å². The van der Waals surface area contributed by atoms with Crippen molar-refractivity contribution in [3.8, 4) is 0 Å². The normalized spacial score (nSPS) is 26.7. The highest BCUT2D eigenvalue weighted by atomic mass is 79.9. The van der Waals surface area contributed by atoms with E-state index in [1.807, 2.05) is 6.07 Å². The average molecular weight is 314 g/mol. The number of benzene rings is 1. The van der Waals surface area contributed by atoms with Gasteiger partial charge in [0.1, 0.15) is 5.82 Å². The van der Waals surface area contributed by atoms with E-state index in [4.69, 9.17) is 4.74 Å². The van der Waals surface area contributed by atoms with Crippen LogP contribution in [0.15, 0.2) is 22.7 Å². The lowest BCUT2D eigenvalue weighted by Crippen LogP contribution is -2.49. The van der Waals surface area contributed by atoms with Gasteiger partial charge in [-0.3, -0.25) is 0 Å². The molecular weight excluding hydrogens is 297 g/mol. The fourth-order valence-corrected chi connectivity index (χ4v) is 3.44. The fraction of sp³-hybridized carbons (Fsp3) is 0.571. The minimum atomic E-state index is -0.181. The summed E-state index contributed by atoms with van der Waals surface area (Å²) in [7, 11) is 0. The van der Waals surface area contributed by atoms with E-state index < -0.39 is 0 Å². The van der Waals surface area contributed by atoms with Crippen LogP contribution in [0.25, 0.3) is 0 Å². The number of ether oxygens (including phenoxy) is 1. The van der Waals surface area contributed by atoms with Gasteiger partial charge in [0.05, 0.1) is 11.7 Å². The molecule has 2 nitrogen and oxygen atoms in total. The number of hydrogen-bond donors (Lipinski definition) is 1. The van der Waals surface area contributed by atoms with E-state index in [0.29, 0.717) is 12.1 Å². The van der Waals surface area contributed by atoms with Crippen molar-refractivity contribution in [1.29, 1.82) is 0 Å². The highest BCUT2D eigenvalue weighted by Gasteiger charge is 2.40. The van der Waals surface area contributed by atoms with Crippen LogP contribution in [0.3, 0.4) is 0 Å². The molecule has 1 spiro atoms. The van der Waals surface area contributed by atoms with Crippen molar-refractivity contribution in [2.45, 2.75) is 37.4 Å². The van der Waals surface area contributed by atoms with E-state index in [0.717, 1.165) is 23.9 Å². The van der Waals surface area contributed by atoms with Gasteiger partial charge >= 0.3 is 0 Å². The van der Waals surface area contributed by atoms with Crippen molar-refractivity contribution in [2.75, 3.05) is 13.1 Å². The van der Waals surface area contributed by atoms with Crippen molar-refractivity contribution in [2.24, 2.45) is 0 Å². The van der Waals surface area contributed by atoms with Gasteiger partial charge in [0.2, 0.25) is 0 Å². The Labute approximate surface area is 115 Å². The first-order valence-corrected chi connectivity index (χ1v) is 7.31. The summed E-state index contributed by atoms with van der Waals surface area (Å²) in [5.74, 6) is -0.181. The third-order valence-electron chi connectivity index (χ3n) is 3.99. The Morgan fingerprint density at radius 3 is 2.89 bits per heavy atom. The molecule has 1 atom stereocenters. The molecule has 0 aromatic heterocycles. The lowest BCUT2D eigenvalue weighted by Gasteiger charge is -2.39. The van der Waals surface area contributed by atoms with Crippen LogP contribution in [0.2, 0.25) is 0 Å². The molecule has 1 aromatic carbocycles. The molecule has 1 aliphatic heterocycles. The maximum absolute atomic E-state index is 13.9. The maximum Gasteiger partial charge on any atom is 0.129 e. The second-order valence-electron chi connectivity index (χ2n) is 5.29. The van der Waals surface area contributed by atoms with Crippen molar-refractivity contribution in [3.05, 3.63) is 34.1 Å². The predicted octanol–water partition coefficient (Wildman–Crippen LogP) is 3.56. The van der Waals surface area contributed by atoms with E-state index in [2.05, 4.69) is 21.2 Å². The van der Waals surface area contributed by atoms with Gasteiger partial charge in [-0.05, 0) is 31.0 Å². The summed E-state index contributed by atoms with van der Waals surface area (Å²) in [6.07, 6.45) is 4.44. The van der Waals surface area contributed by atoms with Crippen LogP contribution >= 0.6 is 15.9 Å². The van der Waals surface area contributed by atoms with Crippen LogP contribution < -0.4 is 5.32 Å². The first-order valence-electron chi connectivity index (χ1n) is 6.52. The van der Waals surface area contributed by atoms with E-state index in [9.17, 15) is 4.39 Å². The molecule has 18 heavy (non-hydrogen) atoms. The topological polar surface area (TPSA) is 21.3 Å². The van der Waals surface area contributed by atoms with Crippen LogP contribution in [0.4, 0.5) is 4.39 Å². The van der Waals surface area contributed by atoms with Gasteiger partial charge in [-0.1, -0.05) is 28.8 Å². The van der Waals surface area contributed by atoms with Crippen molar-refractivity contribution < 1.29 is 9.13 Å². The molecule has 2 fully saturated rings. The number of halogens is 2. The third kappa shape index (κ3) is 2.33. The second-order valence-corrected chi connectivity index (χ2v) is 6.21. The van der Waals surface area contributed by atoms with E-state index in [1.165, 1.54) is 18.9 Å². The molecule has 3 rings (SSSR count). The lowest BCUT2D eigenvalue weighted by atomic mass is 9.97. The van der Waals surface area contributed by atoms with Crippen LogP contribution in [0.1, 0.15) is 37.4 Å². The summed E-state index contributed by atoms with van der Waals surface area (Å²) in [6, 6.07) is 5.05. The average Bonchev–Trinajstić information content (AvgIpc) is 2.80. The minimum absolute atomic E-state index is 0.0579. The molecule has 0 amide bonds. The number of hydrogen-bond acceptors (Lipinski definition) is 2. The molecule has 0 bridgehead atoms. The van der Waals surface area contributed by atoms with Crippen LogP contribution in [0.5, 0.6) is 0 Å². The summed E-state index contributed by atoms with van der Waals surface area (Å²) in [6.45, 7) is 1.59. The Balaban J connectivity index is 1.85. The molecule has 1 N–H and O–H groups in total. The molecule has 1 aliphatic carbocycles. The smallest absolute Gasteiger partial charge is 0.129 e. The van der Waals surface area contributed by atoms with Gasteiger partial charge in [0.15, 0.2) is 0 Å². The molecule has 1 saturated heterocycles. The first kappa shape index (κ1) is 12.6. The standard InChI is InChI=1S/C14H17BrFNO/c15-10-3-4-12(16)11(7-10)13-8-17-9-14(18-13)5-1-2-6-14/h3-4,7,13,17H,1-2,5-6,8-9H2. The van der Waals surface area contributed by atoms with Crippen molar-refractivity contribution >= 4 is 15.9 Å². The van der Waals surface area contributed by atoms with E-state index in [-0.39, 0.29) is 17.5 Å². The van der Waals surface area contributed by atoms with Crippen LogP contribution in [-0.2, 0) is 4.74 Å². The fourth-order valence-electron chi connectivity index (χ4n) is 3.06. The molecule has 1 heterocycles. The monoisotopic (exact) mass is 313 g/mol. The molecule has 1 aromatic rings. The largest absolute Gasteiger partial charge is 0.364 e. The number of nitrogens with one attached hydrogen (secondary N) is 1. The van der Waals surface area contributed by atoms with E-state index in [1.54, 1.807) is 6.07 Å². The lowest BCUT2D eigenvalue weighted by molar-refractivity contribution is -0.115. The Hall–Kier alpha value is -0.450. The van der Waals surface area contributed by atoms with E-state index >= 15 is 0 Å². The Morgan fingerprint density at radius 1 is 1.33 bits per heavy atom. The zero-order valence-electron chi connectivity index (χ0n) is 10.2. The first-order chi connectivity index (χ1) is 8.69. The van der Waals surface area contributed by atoms with Crippen molar-refractivity contribution in [1.82, 2.24) is 5.32 Å². The number of morpholine rings is 1. The Morgan fingerprint density at radius 2 is 2.11 bits per heavy atom. The molecular formula is C14H17BrFNO. The summed E-state index contributed by atoms with van der Waals surface area (Å²) in [4.78, 5) is 0. The van der Waals surface area contributed by atoms with Gasteiger partial charge in [-0.25, -0.2) is 4.39 Å². The highest BCUT2D eigenvalue weighted by Crippen LogP contribution is 2.39. The Kier molecular flexibility index (Phi) is 3.43. The zero-order valence-corrected chi connectivity index (χ0v) is 11.8. The van der Waals surface area contributed by atoms with Gasteiger partial charge in [-0.15, -0.1) is 0 Å². The van der Waals surface area contributed by atoms with Crippen molar-refractivity contribution in [3.63, 3.8) is 0 Å². The third-order valence-corrected chi connectivity index (χ3v) is 4.48. The molecule has 0 radical (unpaired) electrons. The maximum atomic E-state index is 13.9. The quantitative estimate of drug-likeness (QED) is 0.856. The predicted molar refractivity (Wildman–Crippen MR) is 72.0 cm³/mol. The minimum Gasteiger partial charge on any atom is -0.364 e. The summed E-state index contributed by atoms with van der Waals surface area (Å²) < 4.78 is 21.0. The molecule has 4 heteroatoms. The summed E-state index contributed by atoms with van der Waals surface area (Å²) >= 11 is 3.40.